The van der Waals surface area contributed by atoms with Gasteiger partial charge >= 0.3 is 11.6 Å². The Hall–Kier alpha value is -1.64. The number of nitrogens with zero attached hydrogens (tertiary/aromatic N) is 3. The van der Waals surface area contributed by atoms with E-state index in [1.165, 1.54) is 4.90 Å². The van der Waals surface area contributed by atoms with Crippen LogP contribution in [0.4, 0.5) is 5.69 Å². The number of carbonyl (C=O) groups excluding carboxylic acids is 1. The number of benzene rings is 1. The van der Waals surface area contributed by atoms with Gasteiger partial charge in [-0.2, -0.15) is 4.79 Å². The summed E-state index contributed by atoms with van der Waals surface area (Å²) in [6.45, 7) is 0. The van der Waals surface area contributed by atoms with Gasteiger partial charge in [-0.05, 0) is 12.1 Å². The Morgan fingerprint density at radius 3 is 2.86 bits per heavy atom. The van der Waals surface area contributed by atoms with Gasteiger partial charge in [-0.3, -0.25) is 4.79 Å². The molecule has 0 atom stereocenters. The fourth-order valence-corrected chi connectivity index (χ4v) is 1.82. The molecule has 1 amide bonds. The van der Waals surface area contributed by atoms with E-state index in [1.807, 2.05) is 0 Å². The van der Waals surface area contributed by atoms with E-state index in [4.69, 9.17) is 17.1 Å². The number of likely N-dealkylation sites (N-methyl/N-ethyl adjacent to an activating group) is 1. The van der Waals surface area contributed by atoms with E-state index in [0.717, 1.165) is 0 Å². The molecule has 2 rings (SSSR count). The average Bonchev–Trinajstić information content (AvgIpc) is 2.41. The van der Waals surface area contributed by atoms with Crippen LogP contribution in [0.1, 0.15) is 5.56 Å². The fraction of sp³-hybridized carbons (Fsp3) is 0.111. The van der Waals surface area contributed by atoms with Gasteiger partial charge in [0, 0.05) is 7.05 Å². The molecule has 1 aromatic rings. The Kier molecular flexibility index (Phi) is 1.88. The molecular formula is C9H6ClN3O. The molecule has 1 aliphatic heterocycles. The molecule has 0 spiro atoms. The SMILES string of the molecule is CN1C(=O)C(=[N+]=[N-])c2cccc(Cl)c21. The maximum absolute atomic E-state index is 11.5. The van der Waals surface area contributed by atoms with Crippen LogP contribution in [-0.4, -0.2) is 23.5 Å². The zero-order chi connectivity index (χ0) is 10.3. The average molecular weight is 208 g/mol. The van der Waals surface area contributed by atoms with E-state index in [0.29, 0.717) is 16.3 Å². The van der Waals surface area contributed by atoms with Crippen molar-refractivity contribution >= 4 is 28.9 Å². The molecule has 1 heterocycles. The lowest BCUT2D eigenvalue weighted by molar-refractivity contribution is -0.115. The minimum absolute atomic E-state index is 0.0324. The van der Waals surface area contributed by atoms with Gasteiger partial charge in [-0.25, -0.2) is 0 Å². The van der Waals surface area contributed by atoms with Crippen molar-refractivity contribution in [2.75, 3.05) is 11.9 Å². The first-order chi connectivity index (χ1) is 6.66. The zero-order valence-electron chi connectivity index (χ0n) is 7.36. The van der Waals surface area contributed by atoms with Crippen molar-refractivity contribution < 1.29 is 9.58 Å². The minimum Gasteiger partial charge on any atom is -0.361 e. The molecule has 4 nitrogen and oxygen atoms in total. The van der Waals surface area contributed by atoms with E-state index in [-0.39, 0.29) is 11.6 Å². The third-order valence-corrected chi connectivity index (χ3v) is 2.49. The van der Waals surface area contributed by atoms with Crippen molar-refractivity contribution in [1.29, 1.82) is 0 Å². The highest BCUT2D eigenvalue weighted by Gasteiger charge is 2.39. The number of amides is 1. The van der Waals surface area contributed by atoms with E-state index in [1.54, 1.807) is 25.2 Å². The van der Waals surface area contributed by atoms with Gasteiger partial charge in [0.2, 0.25) is 0 Å². The topological polar surface area (TPSA) is 56.7 Å². The molecule has 14 heavy (non-hydrogen) atoms. The summed E-state index contributed by atoms with van der Waals surface area (Å²) in [5, 5.41) is 0.469. The van der Waals surface area contributed by atoms with E-state index in [2.05, 4.69) is 4.79 Å². The van der Waals surface area contributed by atoms with Gasteiger partial charge in [0.1, 0.15) is 0 Å². The van der Waals surface area contributed by atoms with Crippen LogP contribution < -0.4 is 4.90 Å². The summed E-state index contributed by atoms with van der Waals surface area (Å²) in [4.78, 5) is 15.9. The molecule has 0 bridgehead atoms. The molecule has 1 aliphatic rings. The highest BCUT2D eigenvalue weighted by Crippen LogP contribution is 2.34. The molecule has 0 aliphatic carbocycles. The lowest BCUT2D eigenvalue weighted by Gasteiger charge is -2.08. The lowest BCUT2D eigenvalue weighted by atomic mass is 10.1. The van der Waals surface area contributed by atoms with Crippen molar-refractivity contribution in [3.8, 4) is 0 Å². The Labute approximate surface area is 85.3 Å². The number of hydrogen-bond donors (Lipinski definition) is 0. The molecule has 0 unspecified atom stereocenters. The van der Waals surface area contributed by atoms with Crippen LogP contribution in [0.15, 0.2) is 18.2 Å². The first kappa shape index (κ1) is 8.94. The third kappa shape index (κ3) is 0.985. The summed E-state index contributed by atoms with van der Waals surface area (Å²) in [7, 11) is 1.59. The first-order valence-corrected chi connectivity index (χ1v) is 4.33. The van der Waals surface area contributed by atoms with Crippen LogP contribution in [0, 0.1) is 0 Å². The van der Waals surface area contributed by atoms with Crippen molar-refractivity contribution in [1.82, 2.24) is 0 Å². The Bertz CT molecular complexity index is 477. The Morgan fingerprint density at radius 1 is 1.50 bits per heavy atom. The lowest BCUT2D eigenvalue weighted by Crippen LogP contribution is -2.26. The maximum atomic E-state index is 11.5. The Morgan fingerprint density at radius 2 is 2.21 bits per heavy atom. The number of hydrogen-bond acceptors (Lipinski definition) is 1. The van der Waals surface area contributed by atoms with Crippen molar-refractivity contribution in [3.63, 3.8) is 0 Å². The van der Waals surface area contributed by atoms with Gasteiger partial charge < -0.3 is 10.4 Å². The second-order valence-electron chi connectivity index (χ2n) is 2.95. The van der Waals surface area contributed by atoms with Crippen LogP contribution in [-0.2, 0) is 4.79 Å². The predicted octanol–water partition coefficient (Wildman–Crippen LogP) is 1.34. The normalized spacial score (nSPS) is 14.3. The number of anilines is 1. The smallest absolute Gasteiger partial charge is 0.361 e. The van der Waals surface area contributed by atoms with Crippen LogP contribution in [0.2, 0.25) is 5.02 Å². The predicted molar refractivity (Wildman–Crippen MR) is 52.6 cm³/mol. The number of carbonyl (C=O) groups is 1. The molecule has 1 aromatic carbocycles. The summed E-state index contributed by atoms with van der Waals surface area (Å²) >= 11 is 5.92. The Balaban J connectivity index is 2.80. The summed E-state index contributed by atoms with van der Waals surface area (Å²) in [5.74, 6) is -0.351. The monoisotopic (exact) mass is 207 g/mol. The fourth-order valence-electron chi connectivity index (χ4n) is 1.52. The highest BCUT2D eigenvalue weighted by atomic mass is 35.5. The van der Waals surface area contributed by atoms with Crippen LogP contribution in [0.5, 0.6) is 0 Å². The quantitative estimate of drug-likeness (QED) is 0.468. The summed E-state index contributed by atoms with van der Waals surface area (Å²) in [6, 6.07) is 5.08. The minimum atomic E-state index is -0.351. The molecule has 0 radical (unpaired) electrons. The zero-order valence-corrected chi connectivity index (χ0v) is 8.12. The summed E-state index contributed by atoms with van der Waals surface area (Å²) < 4.78 is 0. The van der Waals surface area contributed by atoms with E-state index in [9.17, 15) is 4.79 Å². The molecule has 0 N–H and O–H groups in total. The number of halogens is 1. The molecule has 0 saturated carbocycles. The second-order valence-corrected chi connectivity index (χ2v) is 3.36. The van der Waals surface area contributed by atoms with Crippen LogP contribution in [0.3, 0.4) is 0 Å². The van der Waals surface area contributed by atoms with E-state index >= 15 is 0 Å². The van der Waals surface area contributed by atoms with Crippen LogP contribution in [0.25, 0.3) is 5.53 Å². The number of rotatable bonds is 0. The second kappa shape index (κ2) is 2.94. The van der Waals surface area contributed by atoms with Gasteiger partial charge in [0.05, 0.1) is 16.3 Å². The molecular weight excluding hydrogens is 202 g/mol. The van der Waals surface area contributed by atoms with E-state index < -0.39 is 0 Å². The van der Waals surface area contributed by atoms with Crippen molar-refractivity contribution in [3.05, 3.63) is 34.3 Å². The molecule has 0 saturated heterocycles. The summed E-state index contributed by atoms with van der Waals surface area (Å²) in [5.41, 5.74) is 9.87. The van der Waals surface area contributed by atoms with Gasteiger partial charge in [0.25, 0.3) is 0 Å². The largest absolute Gasteiger partial charge is 0.389 e. The number of para-hydroxylation sites is 1. The maximum Gasteiger partial charge on any atom is 0.389 e. The van der Waals surface area contributed by atoms with Crippen molar-refractivity contribution in [2.24, 2.45) is 0 Å². The standard InChI is InChI=1S/C9H6ClN3O/c1-13-8-5(3-2-4-6(8)10)7(12-11)9(13)14/h2-4H,1H3. The molecule has 0 aromatic heterocycles. The molecule has 70 valence electrons. The van der Waals surface area contributed by atoms with Gasteiger partial charge in [-0.15, -0.1) is 0 Å². The highest BCUT2D eigenvalue weighted by molar-refractivity contribution is 6.54. The summed E-state index contributed by atoms with van der Waals surface area (Å²) in [6.07, 6.45) is 0. The number of fused-ring (bicyclic) bond motifs is 1. The first-order valence-electron chi connectivity index (χ1n) is 3.96. The van der Waals surface area contributed by atoms with Gasteiger partial charge in [-0.1, -0.05) is 17.7 Å². The van der Waals surface area contributed by atoms with Crippen molar-refractivity contribution in [2.45, 2.75) is 0 Å². The van der Waals surface area contributed by atoms with Gasteiger partial charge in [0.15, 0.2) is 0 Å². The van der Waals surface area contributed by atoms with Crippen LogP contribution >= 0.6 is 11.6 Å². The molecule has 0 fully saturated rings. The third-order valence-electron chi connectivity index (χ3n) is 2.18. The molecule has 5 heteroatoms.